The number of hydrogen-bond acceptors (Lipinski definition) is 3. The van der Waals surface area contributed by atoms with Crippen molar-refractivity contribution in [2.45, 2.75) is 302 Å². The highest BCUT2D eigenvalue weighted by molar-refractivity contribution is 5.76. The molecule has 4 heteroatoms. The summed E-state index contributed by atoms with van der Waals surface area (Å²) in [5.74, 6) is -0.0611. The first-order valence-electron chi connectivity index (χ1n) is 28.0. The maximum absolute atomic E-state index is 12.5. The van der Waals surface area contributed by atoms with Crippen molar-refractivity contribution < 1.29 is 15.0 Å². The van der Waals surface area contributed by atoms with E-state index in [-0.39, 0.29) is 12.5 Å². The standard InChI is InChI=1S/C59H109NO3/c1-3-5-7-9-11-13-15-17-19-21-23-24-25-26-27-28-29-30-31-32-33-34-35-37-38-40-42-44-46-48-50-52-54-58(62)57(56-61)60-59(63)55-53-51-49-47-45-43-41-39-36-22-20-18-16-14-12-10-8-6-4-2/h6,8,12,14,18,20,36,39,43,45,57-58,61-62H,3-5,7,9-11,13,15-17,19,21-35,37-38,40-42,44,46-56H2,1-2H3,(H,60,63)/b8-6-,14-12-,20-18-,39-36-,45-43-. The van der Waals surface area contributed by atoms with E-state index in [2.05, 4.69) is 79.9 Å². The zero-order valence-corrected chi connectivity index (χ0v) is 42.3. The Bertz CT molecular complexity index is 1040. The van der Waals surface area contributed by atoms with Gasteiger partial charge in [0, 0.05) is 6.42 Å². The van der Waals surface area contributed by atoms with Gasteiger partial charge in [-0.3, -0.25) is 4.79 Å². The molecule has 0 aromatic carbocycles. The van der Waals surface area contributed by atoms with Gasteiger partial charge in [-0.2, -0.15) is 0 Å². The molecule has 0 aliphatic heterocycles. The summed E-state index contributed by atoms with van der Waals surface area (Å²) in [4.78, 5) is 12.5. The van der Waals surface area contributed by atoms with Crippen molar-refractivity contribution in [1.29, 1.82) is 0 Å². The van der Waals surface area contributed by atoms with Crippen LogP contribution in [-0.4, -0.2) is 34.9 Å². The minimum atomic E-state index is -0.678. The molecule has 3 N–H and O–H groups in total. The second-order valence-electron chi connectivity index (χ2n) is 19.0. The molecule has 0 aliphatic carbocycles. The third-order valence-corrected chi connectivity index (χ3v) is 12.8. The van der Waals surface area contributed by atoms with Gasteiger partial charge in [-0.15, -0.1) is 0 Å². The molecule has 0 saturated heterocycles. The van der Waals surface area contributed by atoms with Crippen molar-refractivity contribution in [3.63, 3.8) is 0 Å². The van der Waals surface area contributed by atoms with Crippen molar-refractivity contribution in [2.24, 2.45) is 0 Å². The molecule has 63 heavy (non-hydrogen) atoms. The number of amides is 1. The lowest BCUT2D eigenvalue weighted by molar-refractivity contribution is -0.123. The van der Waals surface area contributed by atoms with Gasteiger partial charge >= 0.3 is 0 Å². The second kappa shape index (κ2) is 54.4. The molecular formula is C59H109NO3. The fourth-order valence-electron chi connectivity index (χ4n) is 8.57. The Morgan fingerprint density at radius 1 is 0.397 bits per heavy atom. The molecule has 0 fully saturated rings. The summed E-state index contributed by atoms with van der Waals surface area (Å²) >= 11 is 0. The van der Waals surface area contributed by atoms with Crippen molar-refractivity contribution in [2.75, 3.05) is 6.61 Å². The summed E-state index contributed by atoms with van der Waals surface area (Å²) in [7, 11) is 0. The van der Waals surface area contributed by atoms with Crippen LogP contribution in [0.15, 0.2) is 60.8 Å². The average Bonchev–Trinajstić information content (AvgIpc) is 3.29. The van der Waals surface area contributed by atoms with Gasteiger partial charge in [0.15, 0.2) is 0 Å². The third-order valence-electron chi connectivity index (χ3n) is 12.8. The van der Waals surface area contributed by atoms with Crippen LogP contribution in [0.5, 0.6) is 0 Å². The summed E-state index contributed by atoms with van der Waals surface area (Å²) < 4.78 is 0. The SMILES string of the molecule is CC/C=C\C/C=C\C/C=C\C/C=C\C/C=C\CCCCCC(=O)NC(CO)C(O)CCCCCCCCCCCCCCCCCCCCCCCCCCCCCCCCCC. The van der Waals surface area contributed by atoms with Crippen molar-refractivity contribution in [3.8, 4) is 0 Å². The van der Waals surface area contributed by atoms with Crippen LogP contribution in [0.25, 0.3) is 0 Å². The van der Waals surface area contributed by atoms with Crippen molar-refractivity contribution >= 4 is 5.91 Å². The highest BCUT2D eigenvalue weighted by Gasteiger charge is 2.20. The van der Waals surface area contributed by atoms with E-state index in [0.717, 1.165) is 70.6 Å². The van der Waals surface area contributed by atoms with Crippen molar-refractivity contribution in [1.82, 2.24) is 5.32 Å². The van der Waals surface area contributed by atoms with Gasteiger partial charge in [0.1, 0.15) is 0 Å². The summed E-state index contributed by atoms with van der Waals surface area (Å²) in [5, 5.41) is 23.3. The van der Waals surface area contributed by atoms with E-state index < -0.39 is 12.1 Å². The first-order chi connectivity index (χ1) is 31.2. The van der Waals surface area contributed by atoms with Gasteiger partial charge in [0.25, 0.3) is 0 Å². The molecule has 0 heterocycles. The van der Waals surface area contributed by atoms with Gasteiger partial charge < -0.3 is 15.5 Å². The zero-order chi connectivity index (χ0) is 45.6. The molecule has 1 amide bonds. The van der Waals surface area contributed by atoms with Crippen LogP contribution in [0.2, 0.25) is 0 Å². The van der Waals surface area contributed by atoms with Crippen LogP contribution in [0.1, 0.15) is 290 Å². The summed E-state index contributed by atoms with van der Waals surface area (Å²) in [5.41, 5.74) is 0. The Balaban J connectivity index is 3.46. The van der Waals surface area contributed by atoms with E-state index in [4.69, 9.17) is 0 Å². The minimum absolute atomic E-state index is 0.0611. The smallest absolute Gasteiger partial charge is 0.220 e. The molecule has 0 spiro atoms. The van der Waals surface area contributed by atoms with Crippen molar-refractivity contribution in [3.05, 3.63) is 60.8 Å². The summed E-state index contributed by atoms with van der Waals surface area (Å²) in [6.45, 7) is 4.25. The fourth-order valence-corrected chi connectivity index (χ4v) is 8.57. The Kier molecular flexibility index (Phi) is 52.8. The first-order valence-corrected chi connectivity index (χ1v) is 28.0. The average molecular weight is 881 g/mol. The normalized spacial score (nSPS) is 13.3. The van der Waals surface area contributed by atoms with Gasteiger partial charge in [0.2, 0.25) is 5.91 Å². The Morgan fingerprint density at radius 3 is 1.03 bits per heavy atom. The topological polar surface area (TPSA) is 69.6 Å². The quantitative estimate of drug-likeness (QED) is 0.0421. The predicted molar refractivity (Wildman–Crippen MR) is 281 cm³/mol. The minimum Gasteiger partial charge on any atom is -0.394 e. The zero-order valence-electron chi connectivity index (χ0n) is 42.3. The van der Waals surface area contributed by atoms with E-state index in [9.17, 15) is 15.0 Å². The number of unbranched alkanes of at least 4 members (excludes halogenated alkanes) is 34. The number of aliphatic hydroxyl groups excluding tert-OH is 2. The Hall–Kier alpha value is -1.91. The maximum atomic E-state index is 12.5. The molecule has 4 nitrogen and oxygen atoms in total. The molecule has 0 radical (unpaired) electrons. The van der Waals surface area contributed by atoms with E-state index in [1.165, 1.54) is 193 Å². The number of rotatable bonds is 51. The number of carbonyl (C=O) groups is 1. The highest BCUT2D eigenvalue weighted by Crippen LogP contribution is 2.18. The molecule has 0 saturated carbocycles. The predicted octanol–water partition coefficient (Wildman–Crippen LogP) is 18.4. The first kappa shape index (κ1) is 61.1. The largest absolute Gasteiger partial charge is 0.394 e. The van der Waals surface area contributed by atoms with Crippen LogP contribution in [0, 0.1) is 0 Å². The van der Waals surface area contributed by atoms with E-state index in [1.807, 2.05) is 0 Å². The van der Waals surface area contributed by atoms with Crippen LogP contribution in [0.4, 0.5) is 0 Å². The number of nitrogens with one attached hydrogen (secondary N) is 1. The lowest BCUT2D eigenvalue weighted by atomic mass is 10.0. The van der Waals surface area contributed by atoms with Gasteiger partial charge in [-0.05, 0) is 57.8 Å². The number of hydrogen-bond donors (Lipinski definition) is 3. The summed E-state index contributed by atoms with van der Waals surface area (Å²) in [6, 6.07) is -0.558. The summed E-state index contributed by atoms with van der Waals surface area (Å²) in [6.07, 6.45) is 76.5. The third kappa shape index (κ3) is 50.9. The van der Waals surface area contributed by atoms with Crippen LogP contribution in [-0.2, 0) is 4.79 Å². The Morgan fingerprint density at radius 2 is 0.698 bits per heavy atom. The molecule has 0 aliphatic rings. The van der Waals surface area contributed by atoms with Gasteiger partial charge in [0.05, 0.1) is 18.8 Å². The number of carbonyl (C=O) groups excluding carboxylic acids is 1. The fraction of sp³-hybridized carbons (Fsp3) is 0.814. The van der Waals surface area contributed by atoms with E-state index in [0.29, 0.717) is 12.8 Å². The lowest BCUT2D eigenvalue weighted by Crippen LogP contribution is -2.45. The molecule has 0 aromatic heterocycles. The molecule has 368 valence electrons. The molecular weight excluding hydrogens is 771 g/mol. The van der Waals surface area contributed by atoms with E-state index in [1.54, 1.807) is 0 Å². The van der Waals surface area contributed by atoms with Crippen LogP contribution >= 0.6 is 0 Å². The molecule has 2 atom stereocenters. The molecule has 0 aromatic rings. The molecule has 0 rings (SSSR count). The van der Waals surface area contributed by atoms with E-state index >= 15 is 0 Å². The number of allylic oxidation sites excluding steroid dienone is 10. The number of aliphatic hydroxyl groups is 2. The van der Waals surface area contributed by atoms with Crippen LogP contribution < -0.4 is 5.32 Å². The molecule has 2 unspecified atom stereocenters. The van der Waals surface area contributed by atoms with Gasteiger partial charge in [-0.25, -0.2) is 0 Å². The maximum Gasteiger partial charge on any atom is 0.220 e. The Labute approximate surface area is 394 Å². The highest BCUT2D eigenvalue weighted by atomic mass is 16.3. The second-order valence-corrected chi connectivity index (χ2v) is 19.0. The molecule has 0 bridgehead atoms. The lowest BCUT2D eigenvalue weighted by Gasteiger charge is -2.22. The van der Waals surface area contributed by atoms with Gasteiger partial charge in [-0.1, -0.05) is 286 Å². The van der Waals surface area contributed by atoms with Crippen LogP contribution in [0.3, 0.4) is 0 Å². The monoisotopic (exact) mass is 880 g/mol.